The molecule has 4 aromatic rings. The molecule has 0 fully saturated rings. The van der Waals surface area contributed by atoms with Crippen LogP contribution in [0.3, 0.4) is 0 Å². The van der Waals surface area contributed by atoms with E-state index >= 15 is 0 Å². The van der Waals surface area contributed by atoms with Gasteiger partial charge in [0, 0.05) is 68.0 Å². The minimum absolute atomic E-state index is 0.0424. The molecule has 0 saturated heterocycles. The van der Waals surface area contributed by atoms with Gasteiger partial charge in [0.25, 0.3) is 5.91 Å². The fourth-order valence-electron chi connectivity index (χ4n) is 4.43. The normalized spacial score (nSPS) is 13.1. The molecule has 0 spiro atoms. The number of hydrogen-bond donors (Lipinski definition) is 1. The number of ether oxygens (including phenoxy) is 1. The Morgan fingerprint density at radius 1 is 0.917 bits per heavy atom. The Balaban J connectivity index is 1.26. The van der Waals surface area contributed by atoms with Crippen LogP contribution in [-0.2, 0) is 30.7 Å². The van der Waals surface area contributed by atoms with Crippen molar-refractivity contribution in [3.63, 3.8) is 0 Å². The maximum absolute atomic E-state index is 12.4. The van der Waals surface area contributed by atoms with Crippen molar-refractivity contribution < 1.29 is 9.53 Å². The summed E-state index contributed by atoms with van der Waals surface area (Å²) < 4.78 is 6.01. The number of aromatic nitrogens is 3. The number of amides is 1. The van der Waals surface area contributed by atoms with Crippen LogP contribution in [0.5, 0.6) is 5.75 Å². The van der Waals surface area contributed by atoms with E-state index in [1.165, 1.54) is 11.1 Å². The molecule has 0 radical (unpaired) electrons. The van der Waals surface area contributed by atoms with Crippen LogP contribution in [0.1, 0.15) is 22.4 Å². The van der Waals surface area contributed by atoms with Gasteiger partial charge in [-0.25, -0.2) is 9.97 Å². The molecular weight excluding hydrogens is 450 g/mol. The lowest BCUT2D eigenvalue weighted by Crippen LogP contribution is -2.31. The average molecular weight is 480 g/mol. The molecule has 2 aromatic carbocycles. The largest absolute Gasteiger partial charge is 0.483 e. The monoisotopic (exact) mass is 479 g/mol. The first-order chi connectivity index (χ1) is 17.7. The molecule has 182 valence electrons. The van der Waals surface area contributed by atoms with E-state index in [-0.39, 0.29) is 12.5 Å². The summed E-state index contributed by atoms with van der Waals surface area (Å²) in [4.78, 5) is 27.9. The molecule has 1 amide bonds. The van der Waals surface area contributed by atoms with Gasteiger partial charge in [0.05, 0.1) is 0 Å². The number of fused-ring (bicyclic) bond motifs is 1. The Hall–Kier alpha value is -4.10. The molecule has 3 heterocycles. The van der Waals surface area contributed by atoms with Gasteiger partial charge < -0.3 is 10.1 Å². The molecule has 36 heavy (non-hydrogen) atoms. The highest BCUT2D eigenvalue weighted by Gasteiger charge is 2.18. The quantitative estimate of drug-likeness (QED) is 0.393. The number of hydrogen-bond acceptors (Lipinski definition) is 6. The molecule has 1 N–H and O–H groups in total. The van der Waals surface area contributed by atoms with Crippen LogP contribution in [-0.4, -0.2) is 45.5 Å². The van der Waals surface area contributed by atoms with E-state index in [0.29, 0.717) is 31.1 Å². The summed E-state index contributed by atoms with van der Waals surface area (Å²) in [6.07, 6.45) is 6.94. The summed E-state index contributed by atoms with van der Waals surface area (Å²) in [6, 6.07) is 22.1. The van der Waals surface area contributed by atoms with Crippen LogP contribution in [0.25, 0.3) is 11.4 Å². The second kappa shape index (κ2) is 11.6. The molecule has 5 rings (SSSR count). The number of nitrogens with zero attached hydrogens (tertiary/aromatic N) is 4. The predicted molar refractivity (Wildman–Crippen MR) is 138 cm³/mol. The van der Waals surface area contributed by atoms with Gasteiger partial charge in [-0.05, 0) is 53.9 Å². The summed E-state index contributed by atoms with van der Waals surface area (Å²) in [7, 11) is 0. The summed E-state index contributed by atoms with van der Waals surface area (Å²) in [5, 5.41) is 2.92. The van der Waals surface area contributed by atoms with Gasteiger partial charge in [-0.3, -0.25) is 14.7 Å². The molecule has 1 aliphatic rings. The number of carbonyl (C=O) groups is 1. The molecule has 7 nitrogen and oxygen atoms in total. The topological polar surface area (TPSA) is 80.2 Å². The first-order valence-corrected chi connectivity index (χ1v) is 12.2. The molecule has 1 aliphatic heterocycles. The first kappa shape index (κ1) is 23.6. The minimum Gasteiger partial charge on any atom is -0.483 e. The SMILES string of the molecule is O=C(COc1ccc(-c2ncccn2)cc1CN1CCc2ccccc2C1)NCCc1ccccn1. The van der Waals surface area contributed by atoms with Crippen molar-refractivity contribution in [1.29, 1.82) is 0 Å². The number of carbonyl (C=O) groups excluding carboxylic acids is 1. The second-order valence-corrected chi connectivity index (χ2v) is 8.83. The molecule has 7 heteroatoms. The van der Waals surface area contributed by atoms with E-state index in [1.807, 2.05) is 30.3 Å². The highest BCUT2D eigenvalue weighted by molar-refractivity contribution is 5.77. The second-order valence-electron chi connectivity index (χ2n) is 8.83. The Labute approximate surface area is 211 Å². The van der Waals surface area contributed by atoms with Gasteiger partial charge in [0.1, 0.15) is 5.75 Å². The lowest BCUT2D eigenvalue weighted by Gasteiger charge is -2.29. The fraction of sp³-hybridized carbons (Fsp3) is 0.241. The van der Waals surface area contributed by atoms with E-state index in [1.54, 1.807) is 24.7 Å². The lowest BCUT2D eigenvalue weighted by molar-refractivity contribution is -0.123. The van der Waals surface area contributed by atoms with Crippen LogP contribution in [0.15, 0.2) is 85.3 Å². The molecule has 0 atom stereocenters. The smallest absolute Gasteiger partial charge is 0.257 e. The maximum atomic E-state index is 12.4. The molecule has 0 aliphatic carbocycles. The Morgan fingerprint density at radius 3 is 2.56 bits per heavy atom. The predicted octanol–water partition coefficient (Wildman–Crippen LogP) is 3.83. The zero-order valence-corrected chi connectivity index (χ0v) is 20.1. The highest BCUT2D eigenvalue weighted by atomic mass is 16.5. The lowest BCUT2D eigenvalue weighted by atomic mass is 9.99. The molecule has 2 aromatic heterocycles. The van der Waals surface area contributed by atoms with Crippen LogP contribution in [0, 0.1) is 0 Å². The van der Waals surface area contributed by atoms with Crippen molar-refractivity contribution in [3.05, 3.63) is 108 Å². The van der Waals surface area contributed by atoms with Crippen molar-refractivity contribution >= 4 is 5.91 Å². The summed E-state index contributed by atoms with van der Waals surface area (Å²) in [5.41, 5.74) is 5.67. The van der Waals surface area contributed by atoms with Gasteiger partial charge >= 0.3 is 0 Å². The maximum Gasteiger partial charge on any atom is 0.257 e. The number of benzene rings is 2. The average Bonchev–Trinajstić information content (AvgIpc) is 2.93. The summed E-state index contributed by atoms with van der Waals surface area (Å²) in [6.45, 7) is 3.04. The van der Waals surface area contributed by atoms with Crippen molar-refractivity contribution in [1.82, 2.24) is 25.2 Å². The van der Waals surface area contributed by atoms with E-state index in [2.05, 4.69) is 55.5 Å². The number of nitrogens with one attached hydrogen (secondary N) is 1. The molecule has 0 bridgehead atoms. The number of pyridine rings is 1. The van der Waals surface area contributed by atoms with Crippen LogP contribution in [0.4, 0.5) is 0 Å². The van der Waals surface area contributed by atoms with E-state index in [9.17, 15) is 4.79 Å². The molecular formula is C29H29N5O2. The van der Waals surface area contributed by atoms with Crippen LogP contribution < -0.4 is 10.1 Å². The zero-order chi connectivity index (χ0) is 24.6. The third kappa shape index (κ3) is 6.12. The van der Waals surface area contributed by atoms with E-state index < -0.39 is 0 Å². The summed E-state index contributed by atoms with van der Waals surface area (Å²) >= 11 is 0. The summed E-state index contributed by atoms with van der Waals surface area (Å²) in [5.74, 6) is 1.22. The minimum atomic E-state index is -0.153. The fourth-order valence-corrected chi connectivity index (χ4v) is 4.43. The number of rotatable bonds is 9. The highest BCUT2D eigenvalue weighted by Crippen LogP contribution is 2.28. The zero-order valence-electron chi connectivity index (χ0n) is 20.1. The van der Waals surface area contributed by atoms with Gasteiger partial charge in [0.2, 0.25) is 0 Å². The molecule has 0 saturated carbocycles. The Morgan fingerprint density at radius 2 is 1.72 bits per heavy atom. The van der Waals surface area contributed by atoms with Gasteiger partial charge in [0.15, 0.2) is 12.4 Å². The van der Waals surface area contributed by atoms with Crippen molar-refractivity contribution in [3.8, 4) is 17.1 Å². The third-order valence-electron chi connectivity index (χ3n) is 6.28. The van der Waals surface area contributed by atoms with Gasteiger partial charge in [-0.1, -0.05) is 30.3 Å². The van der Waals surface area contributed by atoms with E-state index in [0.717, 1.165) is 36.3 Å². The van der Waals surface area contributed by atoms with Crippen molar-refractivity contribution in [2.24, 2.45) is 0 Å². The Kier molecular flexibility index (Phi) is 7.58. The van der Waals surface area contributed by atoms with Crippen LogP contribution in [0.2, 0.25) is 0 Å². The van der Waals surface area contributed by atoms with Crippen LogP contribution >= 0.6 is 0 Å². The Bertz CT molecular complexity index is 1300. The molecule has 0 unspecified atom stereocenters. The van der Waals surface area contributed by atoms with Gasteiger partial charge in [-0.15, -0.1) is 0 Å². The van der Waals surface area contributed by atoms with E-state index in [4.69, 9.17) is 4.74 Å². The standard InChI is InChI=1S/C29H29N5O2/c35-28(31-16-11-26-8-3-4-13-30-26)21-36-27-10-9-23(29-32-14-5-15-33-29)18-25(27)20-34-17-12-22-6-1-2-7-24(22)19-34/h1-10,13-15,18H,11-12,16-17,19-21H2,(H,31,35). The van der Waals surface area contributed by atoms with Crippen molar-refractivity contribution in [2.45, 2.75) is 25.9 Å². The van der Waals surface area contributed by atoms with Crippen molar-refractivity contribution in [2.75, 3.05) is 19.7 Å². The third-order valence-corrected chi connectivity index (χ3v) is 6.28. The first-order valence-electron chi connectivity index (χ1n) is 12.2. The van der Waals surface area contributed by atoms with Gasteiger partial charge in [-0.2, -0.15) is 0 Å².